The molecule has 0 atom stereocenters. The van der Waals surface area contributed by atoms with E-state index in [1.165, 1.54) is 11.1 Å². The smallest absolute Gasteiger partial charge is 0.132 e. The molecule has 1 aromatic heterocycles. The summed E-state index contributed by atoms with van der Waals surface area (Å²) in [4.78, 5) is 9.10. The van der Waals surface area contributed by atoms with Gasteiger partial charge in [0.15, 0.2) is 0 Å². The van der Waals surface area contributed by atoms with Crippen LogP contribution in [0.1, 0.15) is 30.3 Å². The molecule has 4 heteroatoms. The summed E-state index contributed by atoms with van der Waals surface area (Å²) in [5.41, 5.74) is 2.63. The van der Waals surface area contributed by atoms with Crippen molar-refractivity contribution in [3.8, 4) is 0 Å². The van der Waals surface area contributed by atoms with Gasteiger partial charge in [-0.3, -0.25) is 0 Å². The van der Waals surface area contributed by atoms with Gasteiger partial charge in [0.2, 0.25) is 0 Å². The molecule has 0 unspecified atom stereocenters. The molecule has 0 aliphatic rings. The van der Waals surface area contributed by atoms with Crippen LogP contribution in [-0.2, 0) is 12.2 Å². The fourth-order valence-corrected chi connectivity index (χ4v) is 2.83. The summed E-state index contributed by atoms with van der Waals surface area (Å²) in [7, 11) is 1.90. The summed E-state index contributed by atoms with van der Waals surface area (Å²) in [6.07, 6.45) is 1.99. The Balaban J connectivity index is 2.10. The van der Waals surface area contributed by atoms with Crippen LogP contribution >= 0.6 is 11.8 Å². The molecule has 0 radical (unpaired) electrons. The number of aromatic nitrogens is 2. The highest BCUT2D eigenvalue weighted by Gasteiger charge is 2.04. The van der Waals surface area contributed by atoms with Gasteiger partial charge < -0.3 is 5.32 Å². The third-order valence-corrected chi connectivity index (χ3v) is 3.93. The van der Waals surface area contributed by atoms with E-state index in [2.05, 4.69) is 53.4 Å². The molecule has 2 rings (SSSR count). The standard InChI is InChI=1S/C16H21N3S/c1-4-6-14-18-15(17-3)10-16(19-14)20-11-13-8-5-7-12(2)9-13/h5,7-10H,4,6,11H2,1-3H3,(H,17,18,19). The monoisotopic (exact) mass is 287 g/mol. The molecule has 0 fully saturated rings. The number of hydrogen-bond acceptors (Lipinski definition) is 4. The van der Waals surface area contributed by atoms with Gasteiger partial charge in [0, 0.05) is 25.3 Å². The first-order chi connectivity index (χ1) is 9.71. The lowest BCUT2D eigenvalue weighted by molar-refractivity contribution is 0.811. The van der Waals surface area contributed by atoms with Gasteiger partial charge in [0.25, 0.3) is 0 Å². The van der Waals surface area contributed by atoms with Gasteiger partial charge in [-0.1, -0.05) is 36.8 Å². The highest BCUT2D eigenvalue weighted by Crippen LogP contribution is 2.23. The van der Waals surface area contributed by atoms with Crippen molar-refractivity contribution in [3.05, 3.63) is 47.3 Å². The lowest BCUT2D eigenvalue weighted by atomic mass is 10.2. The van der Waals surface area contributed by atoms with Gasteiger partial charge >= 0.3 is 0 Å². The lowest BCUT2D eigenvalue weighted by Gasteiger charge is -2.07. The van der Waals surface area contributed by atoms with Crippen molar-refractivity contribution in [3.63, 3.8) is 0 Å². The number of nitrogens with one attached hydrogen (secondary N) is 1. The largest absolute Gasteiger partial charge is 0.373 e. The molecule has 0 amide bonds. The maximum Gasteiger partial charge on any atom is 0.132 e. The molecule has 1 aromatic carbocycles. The minimum Gasteiger partial charge on any atom is -0.373 e. The molecule has 106 valence electrons. The topological polar surface area (TPSA) is 37.8 Å². The van der Waals surface area contributed by atoms with E-state index in [-0.39, 0.29) is 0 Å². The van der Waals surface area contributed by atoms with Crippen LogP contribution < -0.4 is 5.32 Å². The minimum atomic E-state index is 0.898. The zero-order valence-corrected chi connectivity index (χ0v) is 13.1. The Morgan fingerprint density at radius 2 is 2.05 bits per heavy atom. The first-order valence-electron chi connectivity index (χ1n) is 6.95. The highest BCUT2D eigenvalue weighted by atomic mass is 32.2. The third-order valence-electron chi connectivity index (χ3n) is 2.95. The second-order valence-corrected chi connectivity index (χ2v) is 5.78. The Kier molecular flexibility index (Phi) is 5.41. The van der Waals surface area contributed by atoms with Crippen molar-refractivity contribution in [2.45, 2.75) is 37.5 Å². The average Bonchev–Trinajstić information content (AvgIpc) is 2.45. The van der Waals surface area contributed by atoms with Crippen LogP contribution in [0.4, 0.5) is 5.82 Å². The van der Waals surface area contributed by atoms with E-state index in [0.717, 1.165) is 35.3 Å². The van der Waals surface area contributed by atoms with Crippen LogP contribution in [-0.4, -0.2) is 17.0 Å². The van der Waals surface area contributed by atoms with E-state index >= 15 is 0 Å². The van der Waals surface area contributed by atoms with Crippen molar-refractivity contribution in [2.75, 3.05) is 12.4 Å². The van der Waals surface area contributed by atoms with E-state index in [9.17, 15) is 0 Å². The number of nitrogens with zero attached hydrogens (tertiary/aromatic N) is 2. The fraction of sp³-hybridized carbons (Fsp3) is 0.375. The summed E-state index contributed by atoms with van der Waals surface area (Å²) in [6.45, 7) is 4.27. The third kappa shape index (κ3) is 4.23. The van der Waals surface area contributed by atoms with Crippen molar-refractivity contribution >= 4 is 17.6 Å². The number of anilines is 1. The predicted octanol–water partition coefficient (Wildman–Crippen LogP) is 4.07. The SMILES string of the molecule is CCCc1nc(NC)cc(SCc2cccc(C)c2)n1. The average molecular weight is 287 g/mol. The van der Waals surface area contributed by atoms with Gasteiger partial charge in [-0.25, -0.2) is 9.97 Å². The maximum atomic E-state index is 4.62. The van der Waals surface area contributed by atoms with Crippen LogP contribution in [0.25, 0.3) is 0 Å². The van der Waals surface area contributed by atoms with E-state index < -0.39 is 0 Å². The molecule has 0 aliphatic carbocycles. The van der Waals surface area contributed by atoms with E-state index in [1.807, 2.05) is 13.1 Å². The summed E-state index contributed by atoms with van der Waals surface area (Å²) in [5.74, 6) is 2.76. The molecule has 0 aliphatic heterocycles. The second-order valence-electron chi connectivity index (χ2n) is 4.79. The Labute approximate surface area is 125 Å². The number of hydrogen-bond donors (Lipinski definition) is 1. The molecule has 20 heavy (non-hydrogen) atoms. The fourth-order valence-electron chi connectivity index (χ4n) is 1.97. The Morgan fingerprint density at radius 1 is 1.20 bits per heavy atom. The first-order valence-corrected chi connectivity index (χ1v) is 7.94. The zero-order chi connectivity index (χ0) is 14.4. The number of aryl methyl sites for hydroxylation is 2. The van der Waals surface area contributed by atoms with Crippen molar-refractivity contribution in [1.82, 2.24) is 9.97 Å². The van der Waals surface area contributed by atoms with Crippen LogP contribution in [0, 0.1) is 6.92 Å². The molecular formula is C16H21N3S. The Bertz CT molecular complexity index is 569. The van der Waals surface area contributed by atoms with Crippen molar-refractivity contribution in [1.29, 1.82) is 0 Å². The van der Waals surface area contributed by atoms with E-state index in [0.29, 0.717) is 0 Å². The summed E-state index contributed by atoms with van der Waals surface area (Å²) in [6, 6.07) is 10.6. The summed E-state index contributed by atoms with van der Waals surface area (Å²) < 4.78 is 0. The van der Waals surface area contributed by atoms with Gasteiger partial charge in [-0.2, -0.15) is 0 Å². The Morgan fingerprint density at radius 3 is 2.75 bits per heavy atom. The maximum absolute atomic E-state index is 4.62. The minimum absolute atomic E-state index is 0.898. The summed E-state index contributed by atoms with van der Waals surface area (Å²) in [5, 5.41) is 4.15. The zero-order valence-electron chi connectivity index (χ0n) is 12.3. The second kappa shape index (κ2) is 7.29. The molecule has 0 spiro atoms. The van der Waals surface area contributed by atoms with Crippen LogP contribution in [0.3, 0.4) is 0 Å². The van der Waals surface area contributed by atoms with Crippen LogP contribution in [0.15, 0.2) is 35.4 Å². The number of thioether (sulfide) groups is 1. The van der Waals surface area contributed by atoms with E-state index in [1.54, 1.807) is 11.8 Å². The molecule has 0 bridgehead atoms. The predicted molar refractivity (Wildman–Crippen MR) is 86.3 cm³/mol. The highest BCUT2D eigenvalue weighted by molar-refractivity contribution is 7.98. The van der Waals surface area contributed by atoms with Crippen LogP contribution in [0.5, 0.6) is 0 Å². The molecule has 2 aromatic rings. The van der Waals surface area contributed by atoms with Crippen molar-refractivity contribution < 1.29 is 0 Å². The lowest BCUT2D eigenvalue weighted by Crippen LogP contribution is -2.01. The van der Waals surface area contributed by atoms with E-state index in [4.69, 9.17) is 0 Å². The Hall–Kier alpha value is -1.55. The molecule has 0 saturated heterocycles. The molecule has 1 N–H and O–H groups in total. The molecule has 0 saturated carbocycles. The summed E-state index contributed by atoms with van der Waals surface area (Å²) >= 11 is 1.76. The number of rotatable bonds is 6. The van der Waals surface area contributed by atoms with Gasteiger partial charge in [-0.15, -0.1) is 11.8 Å². The molecule has 1 heterocycles. The number of benzene rings is 1. The quantitative estimate of drug-likeness (QED) is 0.642. The van der Waals surface area contributed by atoms with Gasteiger partial charge in [0.1, 0.15) is 16.7 Å². The van der Waals surface area contributed by atoms with Gasteiger partial charge in [0.05, 0.1) is 0 Å². The van der Waals surface area contributed by atoms with Gasteiger partial charge in [-0.05, 0) is 18.9 Å². The molecular weight excluding hydrogens is 266 g/mol. The van der Waals surface area contributed by atoms with Crippen molar-refractivity contribution in [2.24, 2.45) is 0 Å². The normalized spacial score (nSPS) is 10.6. The first kappa shape index (κ1) is 14.9. The molecule has 3 nitrogen and oxygen atoms in total. The van der Waals surface area contributed by atoms with Crippen LogP contribution in [0.2, 0.25) is 0 Å².